The summed E-state index contributed by atoms with van der Waals surface area (Å²) in [6.07, 6.45) is 0. The van der Waals surface area contributed by atoms with Crippen LogP contribution in [-0.4, -0.2) is 4.57 Å². The summed E-state index contributed by atoms with van der Waals surface area (Å²) < 4.78 is 2.39. The standard InChI is InChI=1S/C21H20N2/c1-2-23-20-11-7-6-10-18(20)19-14-16(12-13-21(19)23)15-22-17-8-4-3-5-9-17/h3-14,22H,2,15H2,1H3. The number of para-hydroxylation sites is 2. The number of hydrogen-bond donors (Lipinski definition) is 1. The fourth-order valence-electron chi connectivity index (χ4n) is 3.31. The first kappa shape index (κ1) is 13.9. The zero-order valence-electron chi connectivity index (χ0n) is 13.3. The predicted octanol–water partition coefficient (Wildman–Crippen LogP) is 5.43. The smallest absolute Gasteiger partial charge is 0.0491 e. The Balaban J connectivity index is 1.74. The van der Waals surface area contributed by atoms with Crippen LogP contribution in [0.4, 0.5) is 5.69 Å². The van der Waals surface area contributed by atoms with E-state index in [0.717, 1.165) is 18.8 Å². The fraction of sp³-hybridized carbons (Fsp3) is 0.143. The summed E-state index contributed by atoms with van der Waals surface area (Å²) in [4.78, 5) is 0. The highest BCUT2D eigenvalue weighted by atomic mass is 15.0. The van der Waals surface area contributed by atoms with Crippen molar-refractivity contribution >= 4 is 27.5 Å². The van der Waals surface area contributed by atoms with Gasteiger partial charge in [0.1, 0.15) is 0 Å². The predicted molar refractivity (Wildman–Crippen MR) is 98.9 cm³/mol. The van der Waals surface area contributed by atoms with Crippen molar-refractivity contribution in [3.8, 4) is 0 Å². The second-order valence-corrected chi connectivity index (χ2v) is 5.83. The minimum Gasteiger partial charge on any atom is -0.381 e. The normalized spacial score (nSPS) is 11.2. The summed E-state index contributed by atoms with van der Waals surface area (Å²) in [7, 11) is 0. The van der Waals surface area contributed by atoms with Crippen LogP contribution in [0.5, 0.6) is 0 Å². The van der Waals surface area contributed by atoms with Gasteiger partial charge in [-0.15, -0.1) is 0 Å². The molecule has 0 aliphatic heterocycles. The van der Waals surface area contributed by atoms with Crippen LogP contribution in [0.3, 0.4) is 0 Å². The summed E-state index contributed by atoms with van der Waals surface area (Å²) in [6.45, 7) is 4.04. The van der Waals surface area contributed by atoms with Crippen molar-refractivity contribution < 1.29 is 0 Å². The molecule has 0 unspecified atom stereocenters. The highest BCUT2D eigenvalue weighted by Crippen LogP contribution is 2.29. The van der Waals surface area contributed by atoms with Crippen LogP contribution in [-0.2, 0) is 13.1 Å². The number of nitrogens with one attached hydrogen (secondary N) is 1. The second kappa shape index (κ2) is 5.81. The van der Waals surface area contributed by atoms with Crippen molar-refractivity contribution in [1.29, 1.82) is 0 Å². The van der Waals surface area contributed by atoms with Gasteiger partial charge >= 0.3 is 0 Å². The van der Waals surface area contributed by atoms with E-state index in [1.807, 2.05) is 6.07 Å². The van der Waals surface area contributed by atoms with Crippen molar-refractivity contribution in [2.24, 2.45) is 0 Å². The topological polar surface area (TPSA) is 17.0 Å². The third-order valence-electron chi connectivity index (χ3n) is 4.42. The molecule has 1 heterocycles. The van der Waals surface area contributed by atoms with Crippen molar-refractivity contribution in [2.45, 2.75) is 20.0 Å². The summed E-state index contributed by atoms with van der Waals surface area (Å²) in [5.74, 6) is 0. The van der Waals surface area contributed by atoms with Gasteiger partial charge in [0.25, 0.3) is 0 Å². The van der Waals surface area contributed by atoms with Gasteiger partial charge in [0, 0.05) is 40.6 Å². The lowest BCUT2D eigenvalue weighted by molar-refractivity contribution is 0.827. The summed E-state index contributed by atoms with van der Waals surface area (Å²) in [5.41, 5.74) is 5.10. The molecule has 2 nitrogen and oxygen atoms in total. The first-order valence-corrected chi connectivity index (χ1v) is 8.15. The van der Waals surface area contributed by atoms with E-state index in [0.29, 0.717) is 0 Å². The fourth-order valence-corrected chi connectivity index (χ4v) is 3.31. The number of aromatic nitrogens is 1. The van der Waals surface area contributed by atoms with Crippen molar-refractivity contribution in [2.75, 3.05) is 5.32 Å². The average Bonchev–Trinajstić information content (AvgIpc) is 2.94. The van der Waals surface area contributed by atoms with Gasteiger partial charge in [-0.05, 0) is 42.8 Å². The van der Waals surface area contributed by atoms with Crippen LogP contribution in [0.1, 0.15) is 12.5 Å². The number of nitrogens with zero attached hydrogens (tertiary/aromatic N) is 1. The lowest BCUT2D eigenvalue weighted by atomic mass is 10.1. The molecule has 0 aliphatic carbocycles. The number of fused-ring (bicyclic) bond motifs is 3. The molecule has 0 amide bonds. The van der Waals surface area contributed by atoms with Crippen LogP contribution in [0, 0.1) is 0 Å². The molecule has 114 valence electrons. The molecule has 0 fully saturated rings. The Morgan fingerprint density at radius 1 is 0.783 bits per heavy atom. The minimum atomic E-state index is 0.839. The van der Waals surface area contributed by atoms with E-state index >= 15 is 0 Å². The molecule has 0 saturated heterocycles. The molecule has 0 aliphatic rings. The third kappa shape index (κ3) is 2.46. The second-order valence-electron chi connectivity index (χ2n) is 5.83. The lowest BCUT2D eigenvalue weighted by Crippen LogP contribution is -1.99. The van der Waals surface area contributed by atoms with Crippen LogP contribution in [0.2, 0.25) is 0 Å². The van der Waals surface area contributed by atoms with E-state index in [9.17, 15) is 0 Å². The highest BCUT2D eigenvalue weighted by molar-refractivity contribution is 6.08. The molecule has 3 aromatic carbocycles. The van der Waals surface area contributed by atoms with Gasteiger partial charge in [-0.3, -0.25) is 0 Å². The quantitative estimate of drug-likeness (QED) is 0.532. The van der Waals surface area contributed by atoms with Crippen LogP contribution >= 0.6 is 0 Å². The maximum Gasteiger partial charge on any atom is 0.0491 e. The first-order chi connectivity index (χ1) is 11.4. The Kier molecular flexibility index (Phi) is 3.51. The number of rotatable bonds is 4. The molecule has 0 spiro atoms. The summed E-state index contributed by atoms with van der Waals surface area (Å²) in [6, 6.07) is 25.8. The van der Waals surface area contributed by atoms with Gasteiger partial charge in [-0.1, -0.05) is 42.5 Å². The minimum absolute atomic E-state index is 0.839. The highest BCUT2D eigenvalue weighted by Gasteiger charge is 2.09. The van der Waals surface area contributed by atoms with Crippen LogP contribution < -0.4 is 5.32 Å². The largest absolute Gasteiger partial charge is 0.381 e. The van der Waals surface area contributed by atoms with Gasteiger partial charge in [0.2, 0.25) is 0 Å². The summed E-state index contributed by atoms with van der Waals surface area (Å²) >= 11 is 0. The average molecular weight is 300 g/mol. The van der Waals surface area contributed by atoms with Gasteiger partial charge in [0.05, 0.1) is 0 Å². The van der Waals surface area contributed by atoms with E-state index in [-0.39, 0.29) is 0 Å². The van der Waals surface area contributed by atoms with Crippen LogP contribution in [0.25, 0.3) is 21.8 Å². The monoisotopic (exact) mass is 300 g/mol. The van der Waals surface area contributed by atoms with E-state index in [1.54, 1.807) is 0 Å². The number of hydrogen-bond acceptors (Lipinski definition) is 1. The van der Waals surface area contributed by atoms with Gasteiger partial charge < -0.3 is 9.88 Å². The third-order valence-corrected chi connectivity index (χ3v) is 4.42. The van der Waals surface area contributed by atoms with E-state index in [1.165, 1.54) is 27.4 Å². The maximum atomic E-state index is 3.49. The molecular weight excluding hydrogens is 280 g/mol. The SMILES string of the molecule is CCn1c2ccccc2c2cc(CNc3ccccc3)ccc21. The molecular formula is C21H20N2. The maximum absolute atomic E-state index is 3.49. The van der Waals surface area contributed by atoms with Crippen LogP contribution in [0.15, 0.2) is 72.8 Å². The van der Waals surface area contributed by atoms with Crippen molar-refractivity contribution in [3.05, 3.63) is 78.4 Å². The van der Waals surface area contributed by atoms with Gasteiger partial charge in [0.15, 0.2) is 0 Å². The van der Waals surface area contributed by atoms with E-state index in [4.69, 9.17) is 0 Å². The molecule has 23 heavy (non-hydrogen) atoms. The van der Waals surface area contributed by atoms with Gasteiger partial charge in [-0.2, -0.15) is 0 Å². The number of anilines is 1. The zero-order chi connectivity index (χ0) is 15.6. The number of aryl methyl sites for hydroxylation is 1. The Hall–Kier alpha value is -2.74. The Bertz CT molecular complexity index is 952. The summed E-state index contributed by atoms with van der Waals surface area (Å²) in [5, 5.41) is 6.17. The Labute approximate surface area is 136 Å². The molecule has 1 aromatic heterocycles. The van der Waals surface area contributed by atoms with E-state index in [2.05, 4.69) is 83.5 Å². The first-order valence-electron chi connectivity index (χ1n) is 8.15. The van der Waals surface area contributed by atoms with Crippen molar-refractivity contribution in [3.63, 3.8) is 0 Å². The molecule has 0 bridgehead atoms. The molecule has 4 aromatic rings. The molecule has 0 radical (unpaired) electrons. The lowest BCUT2D eigenvalue weighted by Gasteiger charge is -2.07. The van der Waals surface area contributed by atoms with Gasteiger partial charge in [-0.25, -0.2) is 0 Å². The molecule has 2 heteroatoms. The zero-order valence-corrected chi connectivity index (χ0v) is 13.3. The Morgan fingerprint density at radius 2 is 1.52 bits per heavy atom. The van der Waals surface area contributed by atoms with E-state index < -0.39 is 0 Å². The Morgan fingerprint density at radius 3 is 2.35 bits per heavy atom. The molecule has 0 saturated carbocycles. The molecule has 1 N–H and O–H groups in total. The van der Waals surface area contributed by atoms with Crippen molar-refractivity contribution in [1.82, 2.24) is 4.57 Å². The number of benzene rings is 3. The molecule has 0 atom stereocenters. The molecule has 4 rings (SSSR count).